The summed E-state index contributed by atoms with van der Waals surface area (Å²) in [4.78, 5) is 27.4. The summed E-state index contributed by atoms with van der Waals surface area (Å²) >= 11 is 0. The molecule has 1 saturated heterocycles. The lowest BCUT2D eigenvalue weighted by molar-refractivity contribution is -0.202. The Labute approximate surface area is 240 Å². The van der Waals surface area contributed by atoms with Crippen molar-refractivity contribution in [3.8, 4) is 0 Å². The Kier molecular flexibility index (Phi) is 4.45. The number of aromatic nitrogens is 2. The molecule has 0 aliphatic carbocycles. The van der Waals surface area contributed by atoms with Crippen molar-refractivity contribution in [2.45, 2.75) is 43.4 Å². The van der Waals surface area contributed by atoms with E-state index < -0.39 is 23.5 Å². The molecule has 0 unspecified atom stereocenters. The number of benzene rings is 4. The van der Waals surface area contributed by atoms with Gasteiger partial charge in [-0.15, -0.1) is 0 Å². The minimum Gasteiger partial charge on any atom is -0.467 e. The maximum Gasteiger partial charge on any atom is 0.343 e. The van der Waals surface area contributed by atoms with Gasteiger partial charge in [0.15, 0.2) is 5.72 Å². The molecule has 2 aromatic heterocycles. The van der Waals surface area contributed by atoms with E-state index in [2.05, 4.69) is 22.0 Å². The zero-order chi connectivity index (χ0) is 28.5. The van der Waals surface area contributed by atoms with E-state index in [1.807, 2.05) is 71.3 Å². The SMILES string of the molecule is COC(=O)[C@]1(O)C[C@@H]2O[C@@]1(C)n1c3ccccc3c3c4c(c5c6ccccc6n2c5c31)C(=O)N[C@H]4Cc1ccccc1. The van der Waals surface area contributed by atoms with Gasteiger partial charge in [0.25, 0.3) is 5.91 Å². The largest absolute Gasteiger partial charge is 0.467 e. The van der Waals surface area contributed by atoms with E-state index in [1.54, 1.807) is 6.92 Å². The van der Waals surface area contributed by atoms with Crippen molar-refractivity contribution in [2.75, 3.05) is 7.11 Å². The molecule has 3 aliphatic heterocycles. The third kappa shape index (κ3) is 2.61. The van der Waals surface area contributed by atoms with E-state index in [0.717, 1.165) is 54.7 Å². The second-order valence-electron chi connectivity index (χ2n) is 11.8. The van der Waals surface area contributed by atoms with E-state index in [4.69, 9.17) is 9.47 Å². The van der Waals surface area contributed by atoms with Gasteiger partial charge in [-0.25, -0.2) is 4.79 Å². The summed E-state index contributed by atoms with van der Waals surface area (Å²) in [5, 5.41) is 19.2. The third-order valence-electron chi connectivity index (χ3n) is 9.80. The number of hydrogen-bond donors (Lipinski definition) is 2. The van der Waals surface area contributed by atoms with Crippen LogP contribution in [0.1, 0.15) is 47.1 Å². The molecule has 4 atom stereocenters. The van der Waals surface area contributed by atoms with Gasteiger partial charge >= 0.3 is 5.97 Å². The average Bonchev–Trinajstić information content (AvgIpc) is 3.68. The standard InChI is InChI=1S/C34H27N3O5/c1-33-34(40,32(39)41-2)17-24(42-33)36-22-14-8-6-12-19(22)26-28-27(21(35-31(28)38)16-18-10-4-3-5-11-18)25-20-13-7-9-15-23(20)37(33)30(25)29(26)36/h3-15,21,24,40H,16-17H2,1-2H3,(H,35,38)/t21-,24-,33+,34+/m0/s1. The van der Waals surface area contributed by atoms with E-state index in [-0.39, 0.29) is 18.4 Å². The third-order valence-corrected chi connectivity index (χ3v) is 9.80. The fourth-order valence-corrected chi connectivity index (χ4v) is 8.05. The molecule has 5 heterocycles. The lowest BCUT2D eigenvalue weighted by Crippen LogP contribution is -2.56. The monoisotopic (exact) mass is 557 g/mol. The molecule has 0 saturated carbocycles. The molecule has 8 heteroatoms. The number of ether oxygens (including phenoxy) is 2. The highest BCUT2D eigenvalue weighted by Crippen LogP contribution is 2.58. The number of carbonyl (C=O) groups excluding carboxylic acids is 2. The van der Waals surface area contributed by atoms with E-state index in [1.165, 1.54) is 7.11 Å². The van der Waals surface area contributed by atoms with Gasteiger partial charge in [0.05, 0.1) is 40.8 Å². The van der Waals surface area contributed by atoms with Crippen molar-refractivity contribution in [3.63, 3.8) is 0 Å². The smallest absolute Gasteiger partial charge is 0.343 e. The number of fused-ring (bicyclic) bond motifs is 13. The summed E-state index contributed by atoms with van der Waals surface area (Å²) in [5.41, 5.74) is 2.68. The first-order valence-corrected chi connectivity index (χ1v) is 14.2. The van der Waals surface area contributed by atoms with Crippen molar-refractivity contribution < 1.29 is 24.2 Å². The van der Waals surface area contributed by atoms with Crippen molar-refractivity contribution in [3.05, 3.63) is 95.6 Å². The Bertz CT molecular complexity index is 2180. The zero-order valence-corrected chi connectivity index (χ0v) is 23.0. The number of nitrogens with zero attached hydrogens (tertiary/aromatic N) is 2. The number of aliphatic hydroxyl groups is 1. The molecule has 42 heavy (non-hydrogen) atoms. The fourth-order valence-electron chi connectivity index (χ4n) is 8.05. The molecule has 0 spiro atoms. The van der Waals surface area contributed by atoms with Gasteiger partial charge in [0, 0.05) is 28.0 Å². The first-order chi connectivity index (χ1) is 20.4. The number of rotatable bonds is 3. The number of carbonyl (C=O) groups is 2. The molecule has 9 rings (SSSR count). The Morgan fingerprint density at radius 3 is 2.38 bits per heavy atom. The predicted molar refractivity (Wildman–Crippen MR) is 158 cm³/mol. The number of nitrogens with one attached hydrogen (secondary N) is 1. The molecular formula is C34H27N3O5. The van der Waals surface area contributed by atoms with Crippen LogP contribution in [0.5, 0.6) is 0 Å². The van der Waals surface area contributed by atoms with Crippen LogP contribution in [0.15, 0.2) is 78.9 Å². The Morgan fingerprint density at radius 2 is 1.64 bits per heavy atom. The van der Waals surface area contributed by atoms with Crippen LogP contribution in [-0.4, -0.2) is 38.8 Å². The van der Waals surface area contributed by atoms with Crippen LogP contribution in [0.25, 0.3) is 43.6 Å². The number of amides is 1. The van der Waals surface area contributed by atoms with E-state index in [9.17, 15) is 14.7 Å². The van der Waals surface area contributed by atoms with Gasteiger partial charge in [0.1, 0.15) is 6.23 Å². The maximum absolute atomic E-state index is 14.0. The predicted octanol–water partition coefficient (Wildman–Crippen LogP) is 5.44. The highest BCUT2D eigenvalue weighted by atomic mass is 16.6. The van der Waals surface area contributed by atoms with Gasteiger partial charge in [-0.2, -0.15) is 0 Å². The summed E-state index contributed by atoms with van der Waals surface area (Å²) < 4.78 is 16.1. The van der Waals surface area contributed by atoms with Crippen LogP contribution >= 0.6 is 0 Å². The zero-order valence-electron chi connectivity index (χ0n) is 23.0. The van der Waals surface area contributed by atoms with Gasteiger partial charge in [-0.05, 0) is 36.6 Å². The van der Waals surface area contributed by atoms with Gasteiger partial charge in [0.2, 0.25) is 5.60 Å². The van der Waals surface area contributed by atoms with Crippen LogP contribution in [0.2, 0.25) is 0 Å². The summed E-state index contributed by atoms with van der Waals surface area (Å²) in [6.07, 6.45) is -0.0519. The number of esters is 1. The van der Waals surface area contributed by atoms with Crippen molar-refractivity contribution in [2.24, 2.45) is 0 Å². The number of para-hydroxylation sites is 2. The number of methoxy groups -OCH3 is 1. The second kappa shape index (κ2) is 7.79. The minimum atomic E-state index is -1.97. The van der Waals surface area contributed by atoms with Crippen LogP contribution in [-0.2, 0) is 26.4 Å². The van der Waals surface area contributed by atoms with Crippen LogP contribution in [0.4, 0.5) is 0 Å². The molecule has 1 fully saturated rings. The van der Waals surface area contributed by atoms with Gasteiger partial charge in [-0.1, -0.05) is 66.7 Å². The summed E-state index contributed by atoms with van der Waals surface area (Å²) in [6, 6.07) is 25.8. The Morgan fingerprint density at radius 1 is 0.976 bits per heavy atom. The average molecular weight is 558 g/mol. The van der Waals surface area contributed by atoms with Crippen LogP contribution < -0.4 is 5.32 Å². The molecule has 3 aliphatic rings. The van der Waals surface area contributed by atoms with E-state index in [0.29, 0.717) is 12.0 Å². The highest BCUT2D eigenvalue weighted by molar-refractivity contribution is 6.31. The molecule has 8 nitrogen and oxygen atoms in total. The first-order valence-electron chi connectivity index (χ1n) is 14.2. The minimum absolute atomic E-state index is 0.00268. The second-order valence-corrected chi connectivity index (χ2v) is 11.8. The fraction of sp³-hybridized carbons (Fsp3) is 0.235. The Balaban J connectivity index is 1.53. The van der Waals surface area contributed by atoms with E-state index >= 15 is 0 Å². The van der Waals surface area contributed by atoms with Crippen molar-refractivity contribution >= 4 is 55.5 Å². The molecule has 1 amide bonds. The molecule has 0 radical (unpaired) electrons. The highest BCUT2D eigenvalue weighted by Gasteiger charge is 2.66. The number of hydrogen-bond acceptors (Lipinski definition) is 5. The van der Waals surface area contributed by atoms with Crippen LogP contribution in [0.3, 0.4) is 0 Å². The topological polar surface area (TPSA) is 94.7 Å². The molecular weight excluding hydrogens is 530 g/mol. The van der Waals surface area contributed by atoms with Crippen LogP contribution in [0, 0.1) is 0 Å². The van der Waals surface area contributed by atoms with Crippen molar-refractivity contribution in [1.82, 2.24) is 14.5 Å². The molecule has 208 valence electrons. The lowest BCUT2D eigenvalue weighted by Gasteiger charge is -2.37. The van der Waals surface area contributed by atoms with Gasteiger partial charge < -0.3 is 29.0 Å². The first kappa shape index (κ1) is 24.0. The summed E-state index contributed by atoms with van der Waals surface area (Å²) in [5.74, 6) is -0.838. The molecule has 2 bridgehead atoms. The molecule has 6 aromatic rings. The summed E-state index contributed by atoms with van der Waals surface area (Å²) in [6.45, 7) is 1.77. The normalized spacial score (nSPS) is 25.9. The molecule has 4 aromatic carbocycles. The summed E-state index contributed by atoms with van der Waals surface area (Å²) in [7, 11) is 1.29. The van der Waals surface area contributed by atoms with Crippen molar-refractivity contribution in [1.29, 1.82) is 0 Å². The quantitative estimate of drug-likeness (QED) is 0.283. The van der Waals surface area contributed by atoms with Gasteiger partial charge in [-0.3, -0.25) is 4.79 Å². The lowest BCUT2D eigenvalue weighted by atomic mass is 9.88. The maximum atomic E-state index is 14.0. The Hall–Kier alpha value is -4.66. The molecule has 2 N–H and O–H groups in total.